The summed E-state index contributed by atoms with van der Waals surface area (Å²) >= 11 is 0. The molecule has 2 heteroatoms. The second-order valence-electron chi connectivity index (χ2n) is 6.44. The monoisotopic (exact) mass is 269 g/mol. The van der Waals surface area contributed by atoms with E-state index in [0.29, 0.717) is 6.04 Å². The molecule has 1 fully saturated rings. The average Bonchev–Trinajstić information content (AvgIpc) is 2.43. The van der Waals surface area contributed by atoms with Gasteiger partial charge in [-0.1, -0.05) is 33.6 Å². The molecule has 0 amide bonds. The summed E-state index contributed by atoms with van der Waals surface area (Å²) in [5, 5.41) is 3.59. The SMILES string of the molecule is CCOC1(C(CC(CC)CC)NC)CCC(C)CC1. The van der Waals surface area contributed by atoms with Crippen LogP contribution < -0.4 is 5.32 Å². The molecule has 0 aliphatic heterocycles. The van der Waals surface area contributed by atoms with E-state index in [1.807, 2.05) is 0 Å². The van der Waals surface area contributed by atoms with E-state index < -0.39 is 0 Å². The van der Waals surface area contributed by atoms with Crippen molar-refractivity contribution in [3.8, 4) is 0 Å². The van der Waals surface area contributed by atoms with Crippen LogP contribution in [0.4, 0.5) is 0 Å². The molecule has 1 N–H and O–H groups in total. The van der Waals surface area contributed by atoms with Crippen molar-refractivity contribution in [2.24, 2.45) is 11.8 Å². The maximum absolute atomic E-state index is 6.30. The van der Waals surface area contributed by atoms with Gasteiger partial charge in [-0.15, -0.1) is 0 Å². The van der Waals surface area contributed by atoms with Gasteiger partial charge in [-0.05, 0) is 57.9 Å². The summed E-state index contributed by atoms with van der Waals surface area (Å²) in [4.78, 5) is 0. The molecule has 1 aliphatic rings. The van der Waals surface area contributed by atoms with Gasteiger partial charge in [0.25, 0.3) is 0 Å². The molecular weight excluding hydrogens is 234 g/mol. The summed E-state index contributed by atoms with van der Waals surface area (Å²) < 4.78 is 6.30. The van der Waals surface area contributed by atoms with E-state index in [2.05, 4.69) is 40.1 Å². The zero-order chi connectivity index (χ0) is 14.3. The van der Waals surface area contributed by atoms with Gasteiger partial charge < -0.3 is 10.1 Å². The Labute approximate surface area is 120 Å². The molecule has 1 rings (SSSR count). The molecule has 0 bridgehead atoms. The zero-order valence-corrected chi connectivity index (χ0v) is 13.8. The third-order valence-corrected chi connectivity index (χ3v) is 5.26. The quantitative estimate of drug-likeness (QED) is 0.706. The normalized spacial score (nSPS) is 29.7. The number of ether oxygens (including phenoxy) is 1. The first-order valence-corrected chi connectivity index (χ1v) is 8.43. The van der Waals surface area contributed by atoms with E-state index in [1.165, 1.54) is 44.9 Å². The third-order valence-electron chi connectivity index (χ3n) is 5.26. The summed E-state index contributed by atoms with van der Waals surface area (Å²) in [6, 6.07) is 0.518. The number of hydrogen-bond donors (Lipinski definition) is 1. The van der Waals surface area contributed by atoms with Crippen molar-refractivity contribution in [3.05, 3.63) is 0 Å². The lowest BCUT2D eigenvalue weighted by molar-refractivity contribution is -0.0991. The van der Waals surface area contributed by atoms with Crippen molar-refractivity contribution < 1.29 is 4.74 Å². The van der Waals surface area contributed by atoms with Gasteiger partial charge in [-0.2, -0.15) is 0 Å². The minimum absolute atomic E-state index is 0.0958. The van der Waals surface area contributed by atoms with Crippen molar-refractivity contribution >= 4 is 0 Å². The third kappa shape index (κ3) is 4.46. The molecule has 19 heavy (non-hydrogen) atoms. The van der Waals surface area contributed by atoms with Crippen LogP contribution in [0.2, 0.25) is 0 Å². The minimum Gasteiger partial charge on any atom is -0.374 e. The molecule has 0 radical (unpaired) electrons. The molecule has 1 aliphatic carbocycles. The van der Waals surface area contributed by atoms with Gasteiger partial charge in [-0.25, -0.2) is 0 Å². The van der Waals surface area contributed by atoms with E-state index in [1.54, 1.807) is 0 Å². The van der Waals surface area contributed by atoms with Gasteiger partial charge in [-0.3, -0.25) is 0 Å². The lowest BCUT2D eigenvalue weighted by atomic mass is 9.72. The predicted molar refractivity (Wildman–Crippen MR) is 83.5 cm³/mol. The fraction of sp³-hybridized carbons (Fsp3) is 1.00. The number of nitrogens with one attached hydrogen (secondary N) is 1. The smallest absolute Gasteiger partial charge is 0.0834 e. The Hall–Kier alpha value is -0.0800. The van der Waals surface area contributed by atoms with Gasteiger partial charge >= 0.3 is 0 Å². The summed E-state index contributed by atoms with van der Waals surface area (Å²) in [6.45, 7) is 10.00. The molecule has 0 aromatic rings. The van der Waals surface area contributed by atoms with Crippen molar-refractivity contribution in [1.29, 1.82) is 0 Å². The average molecular weight is 269 g/mol. The highest BCUT2D eigenvalue weighted by molar-refractivity contribution is 4.96. The Balaban J connectivity index is 2.76. The van der Waals surface area contributed by atoms with E-state index in [9.17, 15) is 0 Å². The fourth-order valence-electron chi connectivity index (χ4n) is 3.68. The molecule has 0 saturated heterocycles. The van der Waals surface area contributed by atoms with Crippen LogP contribution in [0.25, 0.3) is 0 Å². The highest BCUT2D eigenvalue weighted by Crippen LogP contribution is 2.39. The van der Waals surface area contributed by atoms with Gasteiger partial charge in [0.2, 0.25) is 0 Å². The molecule has 1 unspecified atom stereocenters. The highest BCUT2D eigenvalue weighted by Gasteiger charge is 2.41. The Morgan fingerprint density at radius 3 is 2.16 bits per heavy atom. The van der Waals surface area contributed by atoms with E-state index in [0.717, 1.165) is 18.4 Å². The van der Waals surface area contributed by atoms with Gasteiger partial charge in [0.05, 0.1) is 5.60 Å². The summed E-state index contributed by atoms with van der Waals surface area (Å²) in [6.07, 6.45) is 8.93. The van der Waals surface area contributed by atoms with Crippen LogP contribution in [0.15, 0.2) is 0 Å². The van der Waals surface area contributed by atoms with Crippen molar-refractivity contribution in [2.45, 2.75) is 84.3 Å². The molecule has 0 heterocycles. The second kappa shape index (κ2) is 8.26. The van der Waals surface area contributed by atoms with Crippen molar-refractivity contribution in [1.82, 2.24) is 5.32 Å². The Kier molecular flexibility index (Phi) is 7.38. The standard InChI is InChI=1S/C17H35NO/c1-6-15(7-2)13-16(18-5)17(19-8-3)11-9-14(4)10-12-17/h14-16,18H,6-13H2,1-5H3. The molecule has 0 aromatic carbocycles. The zero-order valence-electron chi connectivity index (χ0n) is 13.8. The molecule has 0 aromatic heterocycles. The lowest BCUT2D eigenvalue weighted by Gasteiger charge is -2.45. The first-order valence-electron chi connectivity index (χ1n) is 8.43. The van der Waals surface area contributed by atoms with Gasteiger partial charge in [0.15, 0.2) is 0 Å². The maximum Gasteiger partial charge on any atom is 0.0834 e. The first kappa shape index (κ1) is 17.0. The molecule has 2 nitrogen and oxygen atoms in total. The van der Waals surface area contributed by atoms with Crippen LogP contribution in [0, 0.1) is 11.8 Å². The largest absolute Gasteiger partial charge is 0.374 e. The molecule has 114 valence electrons. The van der Waals surface area contributed by atoms with Crippen LogP contribution in [0.5, 0.6) is 0 Å². The predicted octanol–water partition coefficient (Wildman–Crippen LogP) is 4.39. The van der Waals surface area contributed by atoms with E-state index >= 15 is 0 Å². The van der Waals surface area contributed by atoms with E-state index in [-0.39, 0.29) is 5.60 Å². The van der Waals surface area contributed by atoms with Crippen LogP contribution in [-0.2, 0) is 4.74 Å². The second-order valence-corrected chi connectivity index (χ2v) is 6.44. The summed E-state index contributed by atoms with van der Waals surface area (Å²) in [5.74, 6) is 1.70. The van der Waals surface area contributed by atoms with Gasteiger partial charge in [0.1, 0.15) is 0 Å². The molecular formula is C17H35NO. The Bertz CT molecular complexity index is 229. The maximum atomic E-state index is 6.30. The van der Waals surface area contributed by atoms with E-state index in [4.69, 9.17) is 4.74 Å². The summed E-state index contributed by atoms with van der Waals surface area (Å²) in [7, 11) is 2.12. The van der Waals surface area contributed by atoms with Crippen LogP contribution >= 0.6 is 0 Å². The van der Waals surface area contributed by atoms with Crippen molar-refractivity contribution in [2.75, 3.05) is 13.7 Å². The Morgan fingerprint density at radius 1 is 1.16 bits per heavy atom. The number of rotatable bonds is 8. The summed E-state index contributed by atoms with van der Waals surface area (Å²) in [5.41, 5.74) is 0.0958. The molecule has 0 spiro atoms. The topological polar surface area (TPSA) is 21.3 Å². The van der Waals surface area contributed by atoms with Crippen molar-refractivity contribution in [3.63, 3.8) is 0 Å². The number of hydrogen-bond acceptors (Lipinski definition) is 2. The number of likely N-dealkylation sites (N-methyl/N-ethyl adjacent to an activating group) is 1. The Morgan fingerprint density at radius 2 is 1.74 bits per heavy atom. The van der Waals surface area contributed by atoms with Gasteiger partial charge in [0, 0.05) is 12.6 Å². The van der Waals surface area contributed by atoms with Crippen LogP contribution in [-0.4, -0.2) is 25.3 Å². The first-order chi connectivity index (χ1) is 9.11. The molecule has 1 saturated carbocycles. The molecule has 1 atom stereocenters. The minimum atomic E-state index is 0.0958. The highest BCUT2D eigenvalue weighted by atomic mass is 16.5. The fourth-order valence-corrected chi connectivity index (χ4v) is 3.68. The lowest BCUT2D eigenvalue weighted by Crippen LogP contribution is -2.54. The van der Waals surface area contributed by atoms with Crippen LogP contribution in [0.1, 0.15) is 72.6 Å². The van der Waals surface area contributed by atoms with Crippen LogP contribution in [0.3, 0.4) is 0 Å².